The van der Waals surface area contributed by atoms with Crippen molar-refractivity contribution in [1.29, 1.82) is 0 Å². The van der Waals surface area contributed by atoms with Crippen molar-refractivity contribution in [3.8, 4) is 0 Å². The maximum Gasteiger partial charge on any atom is 0.255 e. The molecular formula is C22H28N4O3. The smallest absolute Gasteiger partial charge is 0.255 e. The number of fused-ring (bicyclic) bond motifs is 3. The van der Waals surface area contributed by atoms with Gasteiger partial charge in [0.25, 0.3) is 5.91 Å². The highest BCUT2D eigenvalue weighted by Gasteiger charge is 2.49. The number of nitrogens with one attached hydrogen (secondary N) is 2. The molecule has 1 aromatic rings. The summed E-state index contributed by atoms with van der Waals surface area (Å²) in [5.74, 6) is 0.0548. The molecule has 2 aliphatic carbocycles. The number of hydrogen-bond donors (Lipinski definition) is 3. The van der Waals surface area contributed by atoms with Crippen LogP contribution in [0.25, 0.3) is 0 Å². The Kier molecular flexibility index (Phi) is 4.47. The van der Waals surface area contributed by atoms with Crippen LogP contribution in [0.2, 0.25) is 0 Å². The highest BCUT2D eigenvalue weighted by Crippen LogP contribution is 2.52. The fourth-order valence-corrected chi connectivity index (χ4v) is 5.88. The molecular weight excluding hydrogens is 368 g/mol. The molecule has 2 bridgehead atoms. The summed E-state index contributed by atoms with van der Waals surface area (Å²) in [4.78, 5) is 38.1. The average Bonchev–Trinajstić information content (AvgIpc) is 3.33. The van der Waals surface area contributed by atoms with E-state index in [2.05, 4.69) is 16.7 Å². The van der Waals surface area contributed by atoms with Gasteiger partial charge in [-0.05, 0) is 60.6 Å². The molecule has 4 unspecified atom stereocenters. The van der Waals surface area contributed by atoms with Gasteiger partial charge in [-0.2, -0.15) is 0 Å². The summed E-state index contributed by atoms with van der Waals surface area (Å²) in [5.41, 5.74) is 9.32. The van der Waals surface area contributed by atoms with Gasteiger partial charge in [0.1, 0.15) is 6.04 Å². The quantitative estimate of drug-likeness (QED) is 0.646. The second-order valence-corrected chi connectivity index (χ2v) is 9.31. The van der Waals surface area contributed by atoms with E-state index < -0.39 is 6.04 Å². The summed E-state index contributed by atoms with van der Waals surface area (Å²) in [6.45, 7) is 2.06. The van der Waals surface area contributed by atoms with Gasteiger partial charge in [0.05, 0.1) is 0 Å². The Labute approximate surface area is 170 Å². The molecule has 0 spiro atoms. The first-order chi connectivity index (χ1) is 13.9. The minimum absolute atomic E-state index is 0.119. The number of amides is 3. The van der Waals surface area contributed by atoms with Crippen molar-refractivity contribution in [2.75, 3.05) is 6.54 Å². The van der Waals surface area contributed by atoms with Crippen LogP contribution >= 0.6 is 0 Å². The Hall–Kier alpha value is -2.25. The van der Waals surface area contributed by atoms with Crippen LogP contribution in [-0.4, -0.2) is 41.2 Å². The molecule has 0 radical (unpaired) electrons. The maximum atomic E-state index is 12.9. The summed E-state index contributed by atoms with van der Waals surface area (Å²) < 4.78 is 0. The van der Waals surface area contributed by atoms with Crippen molar-refractivity contribution in [2.24, 2.45) is 17.1 Å². The van der Waals surface area contributed by atoms with E-state index in [0.29, 0.717) is 31.1 Å². The number of carbonyl (C=O) groups excluding carboxylic acids is 3. The first kappa shape index (κ1) is 18.8. The molecule has 154 valence electrons. The minimum Gasteiger partial charge on any atom is -0.327 e. The molecule has 1 aromatic carbocycles. The Morgan fingerprint density at radius 1 is 1.24 bits per heavy atom. The van der Waals surface area contributed by atoms with Gasteiger partial charge in [0.15, 0.2) is 0 Å². The highest BCUT2D eigenvalue weighted by atomic mass is 16.2. The summed E-state index contributed by atoms with van der Waals surface area (Å²) in [5, 5.41) is 5.92. The van der Waals surface area contributed by atoms with Crippen LogP contribution in [0, 0.1) is 11.3 Å². The van der Waals surface area contributed by atoms with E-state index in [1.807, 2.05) is 12.1 Å². The van der Waals surface area contributed by atoms with Crippen LogP contribution in [0.4, 0.5) is 0 Å². The van der Waals surface area contributed by atoms with Crippen molar-refractivity contribution in [2.45, 2.75) is 63.7 Å². The molecule has 2 heterocycles. The maximum absolute atomic E-state index is 12.9. The Morgan fingerprint density at radius 2 is 2.10 bits per heavy atom. The van der Waals surface area contributed by atoms with E-state index in [1.54, 1.807) is 4.90 Å². The van der Waals surface area contributed by atoms with E-state index in [1.165, 1.54) is 19.3 Å². The molecule has 3 amide bonds. The van der Waals surface area contributed by atoms with Gasteiger partial charge in [-0.25, -0.2) is 0 Å². The highest BCUT2D eigenvalue weighted by molar-refractivity contribution is 6.05. The lowest BCUT2D eigenvalue weighted by molar-refractivity contribution is -0.136. The van der Waals surface area contributed by atoms with Crippen LogP contribution in [0.1, 0.15) is 60.0 Å². The first-order valence-corrected chi connectivity index (χ1v) is 10.7. The predicted octanol–water partition coefficient (Wildman–Crippen LogP) is 1.05. The summed E-state index contributed by atoms with van der Waals surface area (Å²) in [6, 6.07) is 5.73. The molecule has 7 heteroatoms. The van der Waals surface area contributed by atoms with Crippen molar-refractivity contribution in [3.63, 3.8) is 0 Å². The van der Waals surface area contributed by atoms with E-state index in [9.17, 15) is 14.4 Å². The minimum atomic E-state index is -0.563. The number of nitrogens with two attached hydrogens (primary N) is 1. The molecule has 4 aliphatic rings. The second-order valence-electron chi connectivity index (χ2n) is 9.31. The Balaban J connectivity index is 1.23. The molecule has 2 aliphatic heterocycles. The fourth-order valence-electron chi connectivity index (χ4n) is 5.88. The Morgan fingerprint density at radius 3 is 2.83 bits per heavy atom. The molecule has 4 atom stereocenters. The monoisotopic (exact) mass is 396 g/mol. The fraction of sp³-hybridized carbons (Fsp3) is 0.591. The molecule has 7 nitrogen and oxygen atoms in total. The van der Waals surface area contributed by atoms with Gasteiger partial charge in [0, 0.05) is 37.7 Å². The van der Waals surface area contributed by atoms with Crippen LogP contribution in [-0.2, 0) is 22.7 Å². The van der Waals surface area contributed by atoms with E-state index in [-0.39, 0.29) is 29.6 Å². The molecule has 5 rings (SSSR count). The van der Waals surface area contributed by atoms with Crippen LogP contribution in [0.5, 0.6) is 0 Å². The number of piperidine rings is 1. The number of nitrogens with zero attached hydrogens (tertiary/aromatic N) is 1. The second kappa shape index (κ2) is 6.92. The van der Waals surface area contributed by atoms with Crippen molar-refractivity contribution in [1.82, 2.24) is 15.5 Å². The lowest BCUT2D eigenvalue weighted by atomic mass is 9.80. The third-order valence-corrected chi connectivity index (χ3v) is 7.52. The zero-order valence-electron chi connectivity index (χ0n) is 16.6. The SMILES string of the molecule is NC1CC2CCC1(CNCc1ccc3c(c1)C(=O)N(C1CCC(=O)NC1=O)C3)C2. The Bertz CT molecular complexity index is 885. The van der Waals surface area contributed by atoms with Gasteiger partial charge >= 0.3 is 0 Å². The van der Waals surface area contributed by atoms with Gasteiger partial charge in [-0.15, -0.1) is 0 Å². The van der Waals surface area contributed by atoms with Crippen molar-refractivity contribution < 1.29 is 14.4 Å². The zero-order chi connectivity index (χ0) is 20.2. The van der Waals surface area contributed by atoms with E-state index in [0.717, 1.165) is 30.0 Å². The van der Waals surface area contributed by atoms with Gasteiger partial charge in [0.2, 0.25) is 11.8 Å². The summed E-state index contributed by atoms with van der Waals surface area (Å²) in [7, 11) is 0. The zero-order valence-corrected chi connectivity index (χ0v) is 16.6. The van der Waals surface area contributed by atoms with E-state index in [4.69, 9.17) is 5.73 Å². The van der Waals surface area contributed by atoms with Crippen LogP contribution in [0.3, 0.4) is 0 Å². The number of benzene rings is 1. The molecule has 1 saturated heterocycles. The topological polar surface area (TPSA) is 105 Å². The number of carbonyl (C=O) groups is 3. The molecule has 29 heavy (non-hydrogen) atoms. The first-order valence-electron chi connectivity index (χ1n) is 10.7. The lowest BCUT2D eigenvalue weighted by Crippen LogP contribution is -2.52. The van der Waals surface area contributed by atoms with Crippen molar-refractivity contribution >= 4 is 17.7 Å². The molecule has 0 aromatic heterocycles. The number of hydrogen-bond acceptors (Lipinski definition) is 5. The largest absolute Gasteiger partial charge is 0.327 e. The summed E-state index contributed by atoms with van der Waals surface area (Å²) >= 11 is 0. The van der Waals surface area contributed by atoms with Gasteiger partial charge in [-0.1, -0.05) is 12.1 Å². The number of imide groups is 1. The molecule has 3 fully saturated rings. The summed E-state index contributed by atoms with van der Waals surface area (Å²) in [6.07, 6.45) is 5.59. The average molecular weight is 396 g/mol. The van der Waals surface area contributed by atoms with Crippen molar-refractivity contribution in [3.05, 3.63) is 34.9 Å². The normalized spacial score (nSPS) is 33.3. The lowest BCUT2D eigenvalue weighted by Gasteiger charge is -2.33. The van der Waals surface area contributed by atoms with Gasteiger partial charge < -0.3 is 16.0 Å². The third kappa shape index (κ3) is 3.16. The van der Waals surface area contributed by atoms with Gasteiger partial charge in [-0.3, -0.25) is 19.7 Å². The number of rotatable bonds is 5. The van der Waals surface area contributed by atoms with Crippen LogP contribution < -0.4 is 16.4 Å². The standard InChI is InChI=1S/C22H28N4O3/c23-18-8-13-5-6-22(18,9-13)12-24-10-14-1-2-15-11-26(21(29)16(15)7-14)17-3-4-19(27)25-20(17)28/h1-2,7,13,17-18,24H,3-6,8-12,23H2,(H,25,27,28). The predicted molar refractivity (Wildman–Crippen MR) is 107 cm³/mol. The molecule has 4 N–H and O–H groups in total. The van der Waals surface area contributed by atoms with E-state index >= 15 is 0 Å². The van der Waals surface area contributed by atoms with Crippen LogP contribution in [0.15, 0.2) is 18.2 Å². The third-order valence-electron chi connectivity index (χ3n) is 7.52. The molecule has 2 saturated carbocycles.